The van der Waals surface area contributed by atoms with Crippen LogP contribution in [0.1, 0.15) is 49.7 Å². The summed E-state index contributed by atoms with van der Waals surface area (Å²) in [6.45, 7) is 8.97. The number of thiazole rings is 1. The molecule has 168 valence electrons. The van der Waals surface area contributed by atoms with Gasteiger partial charge in [0.05, 0.1) is 16.3 Å². The molecule has 1 unspecified atom stereocenters. The van der Waals surface area contributed by atoms with Gasteiger partial charge in [0, 0.05) is 23.5 Å². The van der Waals surface area contributed by atoms with E-state index >= 15 is 0 Å². The van der Waals surface area contributed by atoms with Gasteiger partial charge in [0.2, 0.25) is 5.91 Å². The molecule has 3 rings (SSSR count). The average Bonchev–Trinajstić information content (AvgIpc) is 3.12. The van der Waals surface area contributed by atoms with Crippen LogP contribution in [0.5, 0.6) is 0 Å². The minimum absolute atomic E-state index is 0.121. The number of nitrogens with zero attached hydrogens (tertiary/aromatic N) is 2. The summed E-state index contributed by atoms with van der Waals surface area (Å²) in [6.07, 6.45) is 2.49. The van der Waals surface area contributed by atoms with Gasteiger partial charge in [-0.05, 0) is 49.4 Å². The van der Waals surface area contributed by atoms with E-state index < -0.39 is 11.9 Å². The number of carbonyl (C=O) groups is 2. The summed E-state index contributed by atoms with van der Waals surface area (Å²) in [5, 5.41) is 8.83. The number of piperidine rings is 1. The first kappa shape index (κ1) is 24.0. The highest BCUT2D eigenvalue weighted by Crippen LogP contribution is 2.23. The van der Waals surface area contributed by atoms with E-state index in [1.54, 1.807) is 12.1 Å². The second kappa shape index (κ2) is 10.8. The van der Waals surface area contributed by atoms with Crippen molar-refractivity contribution in [3.05, 3.63) is 44.9 Å². The summed E-state index contributed by atoms with van der Waals surface area (Å²) >= 11 is 13.4. The lowest BCUT2D eigenvalue weighted by Crippen LogP contribution is -2.47. The van der Waals surface area contributed by atoms with Crippen LogP contribution < -0.4 is 10.6 Å². The molecule has 1 aliphatic heterocycles. The van der Waals surface area contributed by atoms with Crippen molar-refractivity contribution in [2.24, 2.45) is 11.8 Å². The number of hydrogen-bond donors (Lipinski definition) is 2. The number of carbonyl (C=O) groups excluding carboxylic acids is 2. The highest BCUT2D eigenvalue weighted by Gasteiger charge is 2.26. The van der Waals surface area contributed by atoms with Gasteiger partial charge < -0.3 is 10.6 Å². The molecule has 1 aromatic carbocycles. The van der Waals surface area contributed by atoms with Crippen LogP contribution in [0.25, 0.3) is 0 Å². The highest BCUT2D eigenvalue weighted by atomic mass is 35.5. The number of likely N-dealkylation sites (tertiary alicyclic amines) is 1. The van der Waals surface area contributed by atoms with Crippen LogP contribution in [0.3, 0.4) is 0 Å². The van der Waals surface area contributed by atoms with E-state index in [1.807, 2.05) is 19.2 Å². The largest absolute Gasteiger partial charge is 0.340 e. The first-order valence-corrected chi connectivity index (χ1v) is 12.1. The molecule has 1 fully saturated rings. The van der Waals surface area contributed by atoms with Crippen molar-refractivity contribution in [1.29, 1.82) is 0 Å². The van der Waals surface area contributed by atoms with E-state index in [9.17, 15) is 9.59 Å². The Balaban J connectivity index is 1.61. The molecule has 2 atom stereocenters. The van der Waals surface area contributed by atoms with Crippen molar-refractivity contribution in [3.63, 3.8) is 0 Å². The summed E-state index contributed by atoms with van der Waals surface area (Å²) in [6, 6.07) is 3.91. The Kier molecular flexibility index (Phi) is 8.33. The summed E-state index contributed by atoms with van der Waals surface area (Å²) < 4.78 is 0. The van der Waals surface area contributed by atoms with E-state index in [4.69, 9.17) is 23.2 Å². The van der Waals surface area contributed by atoms with Crippen LogP contribution in [0.15, 0.2) is 23.6 Å². The summed E-state index contributed by atoms with van der Waals surface area (Å²) in [5.74, 6) is -0.143. The summed E-state index contributed by atoms with van der Waals surface area (Å²) in [7, 11) is 0. The van der Waals surface area contributed by atoms with Gasteiger partial charge in [0.25, 0.3) is 5.91 Å². The van der Waals surface area contributed by atoms with Crippen LogP contribution in [0.2, 0.25) is 10.0 Å². The van der Waals surface area contributed by atoms with Crippen molar-refractivity contribution in [2.75, 3.05) is 18.4 Å². The molecule has 1 saturated heterocycles. The predicted octanol–water partition coefficient (Wildman–Crippen LogP) is 5.07. The zero-order valence-electron chi connectivity index (χ0n) is 18.0. The molecule has 6 nitrogen and oxygen atoms in total. The molecule has 0 bridgehead atoms. The smallest absolute Gasteiger partial charge is 0.253 e. The number of anilines is 1. The summed E-state index contributed by atoms with van der Waals surface area (Å²) in [4.78, 5) is 32.5. The van der Waals surface area contributed by atoms with Gasteiger partial charge in [-0.15, -0.1) is 11.3 Å². The van der Waals surface area contributed by atoms with Gasteiger partial charge in [-0.1, -0.05) is 44.0 Å². The lowest BCUT2D eigenvalue weighted by Gasteiger charge is -2.30. The molecule has 0 spiro atoms. The molecular formula is C22H28Cl2N4O2S. The van der Waals surface area contributed by atoms with Crippen LogP contribution in [0.4, 0.5) is 5.13 Å². The van der Waals surface area contributed by atoms with Gasteiger partial charge in [0.1, 0.15) is 6.04 Å². The summed E-state index contributed by atoms with van der Waals surface area (Å²) in [5.41, 5.74) is 1.23. The number of benzene rings is 1. The molecule has 2 amide bonds. The molecule has 2 N–H and O–H groups in total. The highest BCUT2D eigenvalue weighted by molar-refractivity contribution is 7.13. The standard InChI is InChI=1S/C22H28Cl2N4O2S/c1-13(2)19(26-20(29)17-7-6-15(23)9-18(17)24)21(30)27-22-25-16(12-31-22)11-28-8-4-5-14(3)10-28/h6-7,9,12-14,19H,4-5,8,10-11H2,1-3H3,(H,26,29)(H,25,27,30)/t14?,19-/m0/s1. The van der Waals surface area contributed by atoms with Crippen molar-refractivity contribution in [2.45, 2.75) is 46.2 Å². The van der Waals surface area contributed by atoms with E-state index in [0.29, 0.717) is 16.1 Å². The van der Waals surface area contributed by atoms with E-state index in [-0.39, 0.29) is 22.4 Å². The quantitative estimate of drug-likeness (QED) is 0.577. The Morgan fingerprint density at radius 2 is 2.10 bits per heavy atom. The molecule has 1 aliphatic rings. The third-order valence-electron chi connectivity index (χ3n) is 5.32. The molecule has 1 aromatic heterocycles. The second-order valence-corrected chi connectivity index (χ2v) is 10.1. The maximum atomic E-state index is 12.9. The monoisotopic (exact) mass is 482 g/mol. The fraction of sp³-hybridized carbons (Fsp3) is 0.500. The molecule has 0 saturated carbocycles. The minimum Gasteiger partial charge on any atom is -0.340 e. The van der Waals surface area contributed by atoms with E-state index in [1.165, 1.54) is 30.2 Å². The van der Waals surface area contributed by atoms with Crippen molar-refractivity contribution < 1.29 is 9.59 Å². The van der Waals surface area contributed by atoms with E-state index in [0.717, 1.165) is 25.3 Å². The topological polar surface area (TPSA) is 74.3 Å². The maximum absolute atomic E-state index is 12.9. The van der Waals surface area contributed by atoms with Gasteiger partial charge in [-0.25, -0.2) is 4.98 Å². The molecular weight excluding hydrogens is 455 g/mol. The molecule has 0 aliphatic carbocycles. The van der Waals surface area contributed by atoms with Crippen molar-refractivity contribution in [3.8, 4) is 0 Å². The van der Waals surface area contributed by atoms with Gasteiger partial charge >= 0.3 is 0 Å². The Bertz CT molecular complexity index is 934. The Morgan fingerprint density at radius 1 is 1.32 bits per heavy atom. The number of aromatic nitrogens is 1. The van der Waals surface area contributed by atoms with E-state index in [2.05, 4.69) is 27.4 Å². The number of amides is 2. The Morgan fingerprint density at radius 3 is 2.77 bits per heavy atom. The van der Waals surface area contributed by atoms with Crippen LogP contribution >= 0.6 is 34.5 Å². The molecule has 9 heteroatoms. The molecule has 2 aromatic rings. The predicted molar refractivity (Wildman–Crippen MR) is 127 cm³/mol. The number of halogens is 2. The molecule has 2 heterocycles. The fourth-order valence-corrected chi connectivity index (χ4v) is 4.91. The third kappa shape index (κ3) is 6.65. The van der Waals surface area contributed by atoms with Gasteiger partial charge in [-0.2, -0.15) is 0 Å². The Hall–Kier alpha value is -1.67. The lowest BCUT2D eigenvalue weighted by molar-refractivity contribution is -0.118. The van der Waals surface area contributed by atoms with Gasteiger partial charge in [-0.3, -0.25) is 14.5 Å². The first-order valence-electron chi connectivity index (χ1n) is 10.5. The van der Waals surface area contributed by atoms with Crippen LogP contribution in [0, 0.1) is 11.8 Å². The van der Waals surface area contributed by atoms with Crippen LogP contribution in [-0.4, -0.2) is 40.8 Å². The fourth-order valence-electron chi connectivity index (χ4n) is 3.71. The van der Waals surface area contributed by atoms with Crippen molar-refractivity contribution in [1.82, 2.24) is 15.2 Å². The zero-order chi connectivity index (χ0) is 22.5. The second-order valence-electron chi connectivity index (χ2n) is 8.44. The van der Waals surface area contributed by atoms with Gasteiger partial charge in [0.15, 0.2) is 5.13 Å². The van der Waals surface area contributed by atoms with Crippen molar-refractivity contribution >= 4 is 51.5 Å². The average molecular weight is 483 g/mol. The zero-order valence-corrected chi connectivity index (χ0v) is 20.3. The Labute approximate surface area is 197 Å². The number of rotatable bonds is 7. The molecule has 31 heavy (non-hydrogen) atoms. The number of nitrogens with one attached hydrogen (secondary N) is 2. The normalized spacial score (nSPS) is 18.1. The molecule has 0 radical (unpaired) electrons. The SMILES string of the molecule is CC1CCCN(Cc2csc(NC(=O)[C@@H](NC(=O)c3ccc(Cl)cc3Cl)C(C)C)n2)C1. The third-order valence-corrected chi connectivity index (χ3v) is 6.67. The number of hydrogen-bond acceptors (Lipinski definition) is 5. The minimum atomic E-state index is -0.727. The van der Waals surface area contributed by atoms with Crippen LogP contribution in [-0.2, 0) is 11.3 Å². The maximum Gasteiger partial charge on any atom is 0.253 e. The first-order chi connectivity index (χ1) is 14.7. The lowest BCUT2D eigenvalue weighted by atomic mass is 10.0.